The zero-order valence-electron chi connectivity index (χ0n) is 17.4. The van der Waals surface area contributed by atoms with Crippen LogP contribution in [0.3, 0.4) is 0 Å². The quantitative estimate of drug-likeness (QED) is 0.273. The average molecular weight is 362 g/mol. The van der Waals surface area contributed by atoms with Gasteiger partial charge in [-0.3, -0.25) is 14.8 Å². The first-order valence-corrected chi connectivity index (χ1v) is 8.70. The fourth-order valence-corrected chi connectivity index (χ4v) is 0.947. The van der Waals surface area contributed by atoms with Crippen LogP contribution in [0.5, 0.6) is 0 Å². The Kier molecular flexibility index (Phi) is 66.9. The minimum absolute atomic E-state index is 0. The number of aliphatic imine (C=N–C) groups is 2. The Morgan fingerprint density at radius 1 is 1.28 bits per heavy atom. The van der Waals surface area contributed by atoms with Crippen molar-refractivity contribution in [2.75, 3.05) is 13.1 Å². The molecule has 6 heteroatoms. The summed E-state index contributed by atoms with van der Waals surface area (Å²) < 4.78 is 0. The summed E-state index contributed by atoms with van der Waals surface area (Å²) in [5, 5.41) is 2.52. The van der Waals surface area contributed by atoms with E-state index in [9.17, 15) is 4.79 Å². The van der Waals surface area contributed by atoms with Gasteiger partial charge >= 0.3 is 0 Å². The van der Waals surface area contributed by atoms with E-state index in [0.717, 1.165) is 32.4 Å². The van der Waals surface area contributed by atoms with Crippen molar-refractivity contribution < 1.29 is 4.79 Å². The molecule has 25 heavy (non-hydrogen) atoms. The summed E-state index contributed by atoms with van der Waals surface area (Å²) in [7, 11) is 0. The molecule has 0 bridgehead atoms. The van der Waals surface area contributed by atoms with Crippen molar-refractivity contribution in [1.29, 1.82) is 0 Å². The maximum absolute atomic E-state index is 9.45. The van der Waals surface area contributed by atoms with Crippen molar-refractivity contribution in [2.24, 2.45) is 15.7 Å². The molecule has 0 fully saturated rings. The lowest BCUT2D eigenvalue weighted by Crippen LogP contribution is -2.10. The highest BCUT2D eigenvalue weighted by molar-refractivity contribution is 5.85. The van der Waals surface area contributed by atoms with Gasteiger partial charge < -0.3 is 17.2 Å². The number of carbonyl (C=O) groups excluding carboxylic acids is 1. The van der Waals surface area contributed by atoms with Gasteiger partial charge in [-0.15, -0.1) is 0 Å². The van der Waals surface area contributed by atoms with Crippen LogP contribution in [-0.4, -0.2) is 31.0 Å². The summed E-state index contributed by atoms with van der Waals surface area (Å²) >= 11 is 0. The Morgan fingerprint density at radius 2 is 1.80 bits per heavy atom. The molecule has 0 saturated heterocycles. The normalized spacial score (nSPS) is 10.1. The van der Waals surface area contributed by atoms with E-state index in [4.69, 9.17) is 5.73 Å². The number of amidine groups is 1. The lowest BCUT2D eigenvalue weighted by molar-refractivity contribution is -0.109. The fourth-order valence-electron chi connectivity index (χ4n) is 0.947. The van der Waals surface area contributed by atoms with E-state index in [-0.39, 0.29) is 13.6 Å². The van der Waals surface area contributed by atoms with Crippen LogP contribution in [0.2, 0.25) is 0 Å². The Bertz CT molecular complexity index is 296. The van der Waals surface area contributed by atoms with E-state index in [1.165, 1.54) is 5.71 Å². The molecule has 1 aliphatic rings. The van der Waals surface area contributed by atoms with Gasteiger partial charge in [0, 0.05) is 31.4 Å². The third kappa shape index (κ3) is 60.7. The second-order valence-corrected chi connectivity index (χ2v) is 4.05. The zero-order valence-corrected chi connectivity index (χ0v) is 17.4. The molecule has 0 unspecified atom stereocenters. The number of hydrogen-bond acceptors (Lipinski definition) is 4. The summed E-state index contributed by atoms with van der Waals surface area (Å²) in [4.78, 5) is 17.4. The molecule has 0 aliphatic carbocycles. The Labute approximate surface area is 158 Å². The van der Waals surface area contributed by atoms with Crippen molar-refractivity contribution in [3.05, 3.63) is 12.3 Å². The van der Waals surface area contributed by atoms with Gasteiger partial charge in [-0.2, -0.15) is 0 Å². The molecular weight excluding hydrogens is 314 g/mol. The number of nitrogens with zero attached hydrogens (tertiary/aromatic N) is 2. The first-order chi connectivity index (χ1) is 11.1. The van der Waals surface area contributed by atoms with Crippen LogP contribution >= 0.6 is 0 Å². The zero-order chi connectivity index (χ0) is 18.9. The number of amides is 1. The van der Waals surface area contributed by atoms with E-state index >= 15 is 0 Å². The highest BCUT2D eigenvalue weighted by atomic mass is 16.1. The predicted molar refractivity (Wildman–Crippen MR) is 118 cm³/mol. The van der Waals surface area contributed by atoms with Crippen LogP contribution in [0.1, 0.15) is 82.1 Å². The van der Waals surface area contributed by atoms with Crippen molar-refractivity contribution in [3.8, 4) is 0 Å². The Morgan fingerprint density at radius 3 is 1.92 bits per heavy atom. The lowest BCUT2D eigenvalue weighted by atomic mass is 10.3. The number of rotatable bonds is 5. The largest absolute Gasteiger partial charge is 0.388 e. The van der Waals surface area contributed by atoms with E-state index in [0.29, 0.717) is 12.2 Å². The van der Waals surface area contributed by atoms with Crippen LogP contribution < -0.4 is 17.2 Å². The van der Waals surface area contributed by atoms with Gasteiger partial charge in [0.1, 0.15) is 0 Å². The third-order valence-electron chi connectivity index (χ3n) is 1.88. The molecule has 6 nitrogen and oxygen atoms in total. The lowest BCUT2D eigenvalue weighted by Gasteiger charge is -1.86. The summed E-state index contributed by atoms with van der Waals surface area (Å²) in [5.74, 6) is 0.682. The maximum Gasteiger partial charge on any atom is 0.207 e. The molecule has 0 saturated carbocycles. The molecule has 1 heterocycles. The molecule has 0 spiro atoms. The summed E-state index contributed by atoms with van der Waals surface area (Å²) in [6.45, 7) is 17.6. The summed E-state index contributed by atoms with van der Waals surface area (Å²) in [6.07, 6.45) is 7.75. The highest BCUT2D eigenvalue weighted by Crippen LogP contribution is 1.96. The van der Waals surface area contributed by atoms with Gasteiger partial charge in [0.2, 0.25) is 6.41 Å². The average Bonchev–Trinajstić information content (AvgIpc) is 3.07. The van der Waals surface area contributed by atoms with Gasteiger partial charge in [0.15, 0.2) is 0 Å². The van der Waals surface area contributed by atoms with Gasteiger partial charge in [-0.1, -0.05) is 55.0 Å². The predicted octanol–water partition coefficient (Wildman–Crippen LogP) is 5.13. The van der Waals surface area contributed by atoms with Crippen LogP contribution in [0, 0.1) is 0 Å². The van der Waals surface area contributed by atoms with Crippen molar-refractivity contribution >= 4 is 18.0 Å². The first kappa shape index (κ1) is 38.7. The van der Waals surface area contributed by atoms with Crippen LogP contribution in [0.15, 0.2) is 22.3 Å². The van der Waals surface area contributed by atoms with E-state index in [1.54, 1.807) is 6.92 Å². The number of allylic oxidation sites excluding steroid dienone is 1. The van der Waals surface area contributed by atoms with Crippen molar-refractivity contribution in [2.45, 2.75) is 82.1 Å². The molecule has 1 amide bonds. The van der Waals surface area contributed by atoms with Gasteiger partial charge in [0.25, 0.3) is 0 Å². The van der Waals surface area contributed by atoms with E-state index in [2.05, 4.69) is 28.3 Å². The molecule has 0 atom stereocenters. The molecule has 0 aromatic heterocycles. The van der Waals surface area contributed by atoms with E-state index < -0.39 is 0 Å². The second kappa shape index (κ2) is 43.2. The molecule has 154 valence electrons. The second-order valence-electron chi connectivity index (χ2n) is 4.05. The van der Waals surface area contributed by atoms with Gasteiger partial charge in [-0.05, 0) is 26.7 Å². The molecule has 1 aliphatic heterocycles. The minimum Gasteiger partial charge on any atom is -0.388 e. The molecule has 0 aromatic carbocycles. The molecule has 6 N–H and O–H groups in total. The highest BCUT2D eigenvalue weighted by Gasteiger charge is 1.88. The maximum atomic E-state index is 9.45. The topological polar surface area (TPSA) is 115 Å². The molecule has 0 aromatic rings. The first-order valence-electron chi connectivity index (χ1n) is 8.70. The van der Waals surface area contributed by atoms with Crippen LogP contribution in [0.25, 0.3) is 0 Å². The number of carbonyl (C=O) groups is 1. The SMILES string of the molecule is C.CC.CC.CC1=NC=CC1.CCCN=C(C)N.CCCNC=O.N. The van der Waals surface area contributed by atoms with Crippen molar-refractivity contribution in [3.63, 3.8) is 0 Å². The van der Waals surface area contributed by atoms with Crippen molar-refractivity contribution in [1.82, 2.24) is 11.5 Å². The van der Waals surface area contributed by atoms with Gasteiger partial charge in [0.05, 0.1) is 5.84 Å². The molecule has 0 radical (unpaired) electrons. The minimum atomic E-state index is 0. The van der Waals surface area contributed by atoms with Crippen LogP contribution in [0.4, 0.5) is 0 Å². The Balaban J connectivity index is -0.0000000475. The Hall–Kier alpha value is -1.69. The number of nitrogens with one attached hydrogen (secondary N) is 1. The monoisotopic (exact) mass is 361 g/mol. The standard InChI is InChI=1S/C5H12N2.C5H7N.C4H9NO.2C2H6.CH4.H3N/c1-3-4-7-5(2)6;1-5-3-2-4-6-5;1-2-3-5-4-6;2*1-2;;/h3-4H2,1-2H3,(H2,6,7);2,4H,3H2,1H3;4H,2-3H2,1H3,(H,5,6);2*1-2H3;1H4;1H3. The van der Waals surface area contributed by atoms with E-state index in [1.807, 2.05) is 47.7 Å². The summed E-state index contributed by atoms with van der Waals surface area (Å²) in [5.41, 5.74) is 6.45. The molecule has 1 rings (SSSR count). The van der Waals surface area contributed by atoms with Gasteiger partial charge in [-0.25, -0.2) is 0 Å². The number of hydrogen-bond donors (Lipinski definition) is 3. The fraction of sp³-hybridized carbons (Fsp3) is 0.737. The number of nitrogens with two attached hydrogens (primary N) is 1. The third-order valence-corrected chi connectivity index (χ3v) is 1.88. The summed E-state index contributed by atoms with van der Waals surface area (Å²) in [6, 6.07) is 0. The smallest absolute Gasteiger partial charge is 0.207 e. The van der Waals surface area contributed by atoms with Crippen LogP contribution in [-0.2, 0) is 4.79 Å². The molecular formula is C19H47N5O.